The number of aliphatic carboxylic acids is 1. The van der Waals surface area contributed by atoms with Gasteiger partial charge in [0.2, 0.25) is 5.91 Å². The molecule has 0 aliphatic heterocycles. The molecule has 0 aliphatic rings. The zero-order valence-electron chi connectivity index (χ0n) is 14.9. The predicted molar refractivity (Wildman–Crippen MR) is 104 cm³/mol. The van der Waals surface area contributed by atoms with Crippen molar-refractivity contribution in [1.29, 1.82) is 0 Å². The molecular weight excluding hydrogens is 342 g/mol. The molecule has 27 heavy (non-hydrogen) atoms. The standard InChI is InChI=1S/C21H23N3O3/c22-21(27)19(10-14-6-2-1-3-7-14)24-16(12-20(25)26)11-15-13-23-18-9-5-4-8-17(15)18/h1-9,13,16,19,23-24H,10-12H2,(H2,22,27)(H,25,26)/t16-,19?/m0/s1. The summed E-state index contributed by atoms with van der Waals surface area (Å²) in [5.41, 5.74) is 8.54. The molecule has 0 spiro atoms. The SMILES string of the molecule is NC(=O)C(Cc1ccccc1)N[C@H](CC(=O)O)Cc1c[nH]c2ccccc12. The molecule has 2 aromatic carbocycles. The van der Waals surface area contributed by atoms with Crippen molar-refractivity contribution in [2.45, 2.75) is 31.3 Å². The smallest absolute Gasteiger partial charge is 0.304 e. The van der Waals surface area contributed by atoms with Gasteiger partial charge in [-0.1, -0.05) is 48.5 Å². The first-order chi connectivity index (χ1) is 13.0. The predicted octanol–water partition coefficient (Wildman–Crippen LogP) is 2.24. The Bertz CT molecular complexity index is 921. The minimum absolute atomic E-state index is 0.0991. The van der Waals surface area contributed by atoms with Gasteiger partial charge in [0.25, 0.3) is 0 Å². The molecule has 6 nitrogen and oxygen atoms in total. The molecular formula is C21H23N3O3. The molecule has 0 bridgehead atoms. The Kier molecular flexibility index (Phi) is 5.88. The first-order valence-electron chi connectivity index (χ1n) is 8.89. The molecule has 0 saturated carbocycles. The van der Waals surface area contributed by atoms with E-state index < -0.39 is 24.0 Å². The van der Waals surface area contributed by atoms with E-state index in [4.69, 9.17) is 5.73 Å². The number of hydrogen-bond donors (Lipinski definition) is 4. The highest BCUT2D eigenvalue weighted by Gasteiger charge is 2.23. The fraction of sp³-hybridized carbons (Fsp3) is 0.238. The lowest BCUT2D eigenvalue weighted by Crippen LogP contribution is -2.49. The van der Waals surface area contributed by atoms with Crippen molar-refractivity contribution >= 4 is 22.8 Å². The number of carbonyl (C=O) groups is 2. The molecule has 1 heterocycles. The van der Waals surface area contributed by atoms with Crippen LogP contribution in [0.2, 0.25) is 0 Å². The summed E-state index contributed by atoms with van der Waals surface area (Å²) in [6.07, 6.45) is 2.69. The summed E-state index contributed by atoms with van der Waals surface area (Å²) < 4.78 is 0. The Labute approximate surface area is 157 Å². The highest BCUT2D eigenvalue weighted by atomic mass is 16.4. The molecule has 1 amide bonds. The molecule has 140 valence electrons. The van der Waals surface area contributed by atoms with Crippen LogP contribution in [0.1, 0.15) is 17.5 Å². The maximum atomic E-state index is 11.9. The number of fused-ring (bicyclic) bond motifs is 1. The van der Waals surface area contributed by atoms with Gasteiger partial charge < -0.3 is 21.1 Å². The summed E-state index contributed by atoms with van der Waals surface area (Å²) in [6.45, 7) is 0. The lowest BCUT2D eigenvalue weighted by atomic mass is 9.99. The van der Waals surface area contributed by atoms with Crippen molar-refractivity contribution in [3.8, 4) is 0 Å². The molecule has 0 aliphatic carbocycles. The lowest BCUT2D eigenvalue weighted by Gasteiger charge is -2.23. The molecule has 0 radical (unpaired) electrons. The Morgan fingerprint density at radius 2 is 1.74 bits per heavy atom. The maximum Gasteiger partial charge on any atom is 0.304 e. The van der Waals surface area contributed by atoms with E-state index >= 15 is 0 Å². The number of primary amides is 1. The van der Waals surface area contributed by atoms with Gasteiger partial charge in [-0.2, -0.15) is 0 Å². The number of carboxylic acid groups (broad SMARTS) is 1. The third-order valence-electron chi connectivity index (χ3n) is 4.63. The van der Waals surface area contributed by atoms with E-state index in [9.17, 15) is 14.7 Å². The number of aromatic amines is 1. The summed E-state index contributed by atoms with van der Waals surface area (Å²) in [6, 6.07) is 16.3. The monoisotopic (exact) mass is 365 g/mol. The summed E-state index contributed by atoms with van der Waals surface area (Å²) in [7, 11) is 0. The van der Waals surface area contributed by atoms with Crippen LogP contribution >= 0.6 is 0 Å². The van der Waals surface area contributed by atoms with Crippen molar-refractivity contribution in [2.24, 2.45) is 5.73 Å². The lowest BCUT2D eigenvalue weighted by molar-refractivity contribution is -0.137. The number of nitrogens with two attached hydrogens (primary N) is 1. The first-order valence-corrected chi connectivity index (χ1v) is 8.89. The summed E-state index contributed by atoms with van der Waals surface area (Å²) in [5, 5.41) is 13.5. The van der Waals surface area contributed by atoms with Crippen LogP contribution in [0.4, 0.5) is 0 Å². The van der Waals surface area contributed by atoms with Crippen molar-refractivity contribution < 1.29 is 14.7 Å². The van der Waals surface area contributed by atoms with Crippen LogP contribution in [0.3, 0.4) is 0 Å². The van der Waals surface area contributed by atoms with Crippen LogP contribution < -0.4 is 11.1 Å². The van der Waals surface area contributed by atoms with E-state index in [1.54, 1.807) is 0 Å². The Morgan fingerprint density at radius 1 is 1.04 bits per heavy atom. The average molecular weight is 365 g/mol. The Balaban J connectivity index is 1.78. The maximum absolute atomic E-state index is 11.9. The largest absolute Gasteiger partial charge is 0.481 e. The molecule has 2 atom stereocenters. The Morgan fingerprint density at radius 3 is 2.44 bits per heavy atom. The highest BCUT2D eigenvalue weighted by Crippen LogP contribution is 2.20. The number of hydrogen-bond acceptors (Lipinski definition) is 3. The Hall–Kier alpha value is -3.12. The number of carbonyl (C=O) groups excluding carboxylic acids is 1. The van der Waals surface area contributed by atoms with Crippen LogP contribution in [-0.4, -0.2) is 34.1 Å². The zero-order valence-corrected chi connectivity index (χ0v) is 14.9. The molecule has 0 saturated heterocycles. The highest BCUT2D eigenvalue weighted by molar-refractivity contribution is 5.83. The fourth-order valence-corrected chi connectivity index (χ4v) is 3.34. The van der Waals surface area contributed by atoms with Gasteiger partial charge in [-0.25, -0.2) is 0 Å². The molecule has 3 rings (SSSR count). The van der Waals surface area contributed by atoms with Crippen LogP contribution in [0, 0.1) is 0 Å². The molecule has 1 aromatic heterocycles. The number of H-pyrrole nitrogens is 1. The number of amides is 1. The fourth-order valence-electron chi connectivity index (χ4n) is 3.34. The summed E-state index contributed by atoms with van der Waals surface area (Å²) in [5.74, 6) is -1.41. The molecule has 3 aromatic rings. The molecule has 6 heteroatoms. The van der Waals surface area contributed by atoms with E-state index in [1.807, 2.05) is 60.8 Å². The van der Waals surface area contributed by atoms with Gasteiger partial charge in [-0.05, 0) is 30.0 Å². The normalized spacial score (nSPS) is 13.3. The summed E-state index contributed by atoms with van der Waals surface area (Å²) in [4.78, 5) is 26.5. The van der Waals surface area contributed by atoms with Crippen LogP contribution in [0.25, 0.3) is 10.9 Å². The minimum Gasteiger partial charge on any atom is -0.481 e. The van der Waals surface area contributed by atoms with Crippen LogP contribution in [0.15, 0.2) is 60.8 Å². The number of benzene rings is 2. The van der Waals surface area contributed by atoms with Crippen molar-refractivity contribution in [2.75, 3.05) is 0 Å². The number of carboxylic acids is 1. The zero-order chi connectivity index (χ0) is 19.2. The van der Waals surface area contributed by atoms with Crippen molar-refractivity contribution in [3.05, 3.63) is 71.9 Å². The number of aromatic nitrogens is 1. The van der Waals surface area contributed by atoms with E-state index in [-0.39, 0.29) is 6.42 Å². The minimum atomic E-state index is -0.921. The van der Waals surface area contributed by atoms with Crippen molar-refractivity contribution in [1.82, 2.24) is 10.3 Å². The number of nitrogens with one attached hydrogen (secondary N) is 2. The average Bonchev–Trinajstić information content (AvgIpc) is 3.04. The van der Waals surface area contributed by atoms with E-state index in [0.717, 1.165) is 22.0 Å². The van der Waals surface area contributed by atoms with Gasteiger partial charge in [-0.15, -0.1) is 0 Å². The van der Waals surface area contributed by atoms with Crippen molar-refractivity contribution in [3.63, 3.8) is 0 Å². The topological polar surface area (TPSA) is 108 Å². The number of rotatable bonds is 9. The second kappa shape index (κ2) is 8.51. The molecule has 1 unspecified atom stereocenters. The van der Waals surface area contributed by atoms with Crippen LogP contribution in [0.5, 0.6) is 0 Å². The first kappa shape index (κ1) is 18.7. The van der Waals surface area contributed by atoms with Gasteiger partial charge in [0.05, 0.1) is 12.5 Å². The van der Waals surface area contributed by atoms with Gasteiger partial charge >= 0.3 is 5.97 Å². The van der Waals surface area contributed by atoms with Crippen LogP contribution in [-0.2, 0) is 22.4 Å². The van der Waals surface area contributed by atoms with Gasteiger partial charge in [0.15, 0.2) is 0 Å². The van der Waals surface area contributed by atoms with E-state index in [1.165, 1.54) is 0 Å². The van der Waals surface area contributed by atoms with Gasteiger partial charge in [-0.3, -0.25) is 9.59 Å². The third-order valence-corrected chi connectivity index (χ3v) is 4.63. The number of para-hydroxylation sites is 1. The van der Waals surface area contributed by atoms with E-state index in [0.29, 0.717) is 12.8 Å². The quantitative estimate of drug-likeness (QED) is 0.466. The third kappa shape index (κ3) is 4.95. The summed E-state index contributed by atoms with van der Waals surface area (Å²) >= 11 is 0. The van der Waals surface area contributed by atoms with Gasteiger partial charge in [0.1, 0.15) is 0 Å². The van der Waals surface area contributed by atoms with E-state index in [2.05, 4.69) is 10.3 Å². The van der Waals surface area contributed by atoms with Gasteiger partial charge in [0, 0.05) is 23.1 Å². The second-order valence-corrected chi connectivity index (χ2v) is 6.67. The molecule has 0 fully saturated rings. The second-order valence-electron chi connectivity index (χ2n) is 6.67. The molecule has 5 N–H and O–H groups in total.